The third kappa shape index (κ3) is 6.33. The zero-order valence-electron chi connectivity index (χ0n) is 21.1. The molecule has 1 aliphatic heterocycles. The first kappa shape index (κ1) is 27.8. The second kappa shape index (κ2) is 12.2. The smallest absolute Gasteiger partial charge is 0.293 e. The van der Waals surface area contributed by atoms with Gasteiger partial charge in [-0.1, -0.05) is 54.1 Å². The van der Waals surface area contributed by atoms with E-state index in [0.717, 1.165) is 32.6 Å². The van der Waals surface area contributed by atoms with Crippen molar-refractivity contribution in [3.8, 4) is 11.5 Å². The van der Waals surface area contributed by atoms with Crippen molar-refractivity contribution in [2.75, 3.05) is 19.0 Å². The summed E-state index contributed by atoms with van der Waals surface area (Å²) in [6.45, 7) is -0.0610. The highest BCUT2D eigenvalue weighted by Crippen LogP contribution is 2.35. The maximum absolute atomic E-state index is 13.1. The number of methoxy groups -OCH3 is 1. The van der Waals surface area contributed by atoms with Crippen molar-refractivity contribution in [2.24, 2.45) is 0 Å². The number of carbonyl (C=O) groups is 3. The molecule has 0 spiro atoms. The van der Waals surface area contributed by atoms with Gasteiger partial charge < -0.3 is 14.8 Å². The van der Waals surface area contributed by atoms with Crippen molar-refractivity contribution in [1.29, 1.82) is 0 Å². The fourth-order valence-electron chi connectivity index (χ4n) is 4.11. The van der Waals surface area contributed by atoms with Gasteiger partial charge in [0.05, 0.1) is 23.6 Å². The van der Waals surface area contributed by atoms with Crippen LogP contribution in [0.15, 0.2) is 88.2 Å². The van der Waals surface area contributed by atoms with Gasteiger partial charge in [-0.05, 0) is 92.1 Å². The number of benzene rings is 4. The molecule has 10 heteroatoms. The molecular formula is C30H22BrClN2O5S. The van der Waals surface area contributed by atoms with Gasteiger partial charge >= 0.3 is 0 Å². The number of hydrogen-bond donors (Lipinski definition) is 1. The maximum Gasteiger partial charge on any atom is 0.293 e. The zero-order valence-corrected chi connectivity index (χ0v) is 24.3. The van der Waals surface area contributed by atoms with Crippen LogP contribution in [0.1, 0.15) is 11.1 Å². The zero-order chi connectivity index (χ0) is 28.2. The van der Waals surface area contributed by atoms with Crippen LogP contribution >= 0.6 is 39.3 Å². The topological polar surface area (TPSA) is 84.9 Å². The summed E-state index contributed by atoms with van der Waals surface area (Å²) in [6.07, 6.45) is 1.64. The van der Waals surface area contributed by atoms with Crippen LogP contribution in [-0.2, 0) is 16.1 Å². The van der Waals surface area contributed by atoms with Gasteiger partial charge in [-0.2, -0.15) is 0 Å². The minimum Gasteiger partial charge on any atom is -0.493 e. The van der Waals surface area contributed by atoms with Gasteiger partial charge in [0.15, 0.2) is 18.1 Å². The molecule has 0 unspecified atom stereocenters. The normalized spacial score (nSPS) is 14.2. The number of nitrogens with zero attached hydrogens (tertiary/aromatic N) is 1. The summed E-state index contributed by atoms with van der Waals surface area (Å²) in [6, 6.07) is 24.0. The van der Waals surface area contributed by atoms with E-state index in [9.17, 15) is 14.4 Å². The Morgan fingerprint density at radius 2 is 1.80 bits per heavy atom. The molecule has 1 aliphatic rings. The molecule has 3 amide bonds. The highest BCUT2D eigenvalue weighted by atomic mass is 79.9. The maximum atomic E-state index is 13.1. The van der Waals surface area contributed by atoms with E-state index in [1.165, 1.54) is 12.0 Å². The number of fused-ring (bicyclic) bond motifs is 1. The Bertz CT molecular complexity index is 1680. The molecule has 7 nitrogen and oxygen atoms in total. The highest BCUT2D eigenvalue weighted by Gasteiger charge is 2.35. The minimum absolute atomic E-state index is 0.192. The van der Waals surface area contributed by atoms with E-state index in [1.54, 1.807) is 42.5 Å². The van der Waals surface area contributed by atoms with Gasteiger partial charge in [0.25, 0.3) is 17.1 Å². The number of hydrogen-bond acceptors (Lipinski definition) is 6. The predicted molar refractivity (Wildman–Crippen MR) is 162 cm³/mol. The number of ether oxygens (including phenoxy) is 2. The van der Waals surface area contributed by atoms with Crippen LogP contribution < -0.4 is 14.8 Å². The lowest BCUT2D eigenvalue weighted by Gasteiger charge is -2.13. The number of nitrogens with one attached hydrogen (secondary N) is 1. The van der Waals surface area contributed by atoms with Crippen LogP contribution in [0.3, 0.4) is 0 Å². The summed E-state index contributed by atoms with van der Waals surface area (Å²) in [5.41, 5.74) is 2.06. The van der Waals surface area contributed by atoms with Crippen molar-refractivity contribution in [2.45, 2.75) is 6.54 Å². The Balaban J connectivity index is 1.24. The number of anilines is 1. The van der Waals surface area contributed by atoms with E-state index in [2.05, 4.69) is 21.2 Å². The van der Waals surface area contributed by atoms with Gasteiger partial charge in [0.1, 0.15) is 0 Å². The minimum atomic E-state index is -0.371. The first-order chi connectivity index (χ1) is 19.3. The Kier molecular flexibility index (Phi) is 8.44. The Morgan fingerprint density at radius 1 is 1.00 bits per heavy atom. The molecule has 0 atom stereocenters. The van der Waals surface area contributed by atoms with Crippen LogP contribution in [0.4, 0.5) is 10.5 Å². The molecule has 4 aromatic rings. The number of amides is 3. The van der Waals surface area contributed by atoms with Gasteiger partial charge in [0.2, 0.25) is 0 Å². The SMILES string of the molecule is COc1cc(/C=C2/SC(=O)N(Cc3ccc4ccccc4c3)C2=O)ccc1OCC(=O)Nc1ccc(Br)c(Cl)c1. The summed E-state index contributed by atoms with van der Waals surface area (Å²) in [5, 5.41) is 5.01. The number of halogens is 2. The first-order valence-electron chi connectivity index (χ1n) is 12.1. The van der Waals surface area contributed by atoms with Crippen molar-refractivity contribution in [3.63, 3.8) is 0 Å². The first-order valence-corrected chi connectivity index (χ1v) is 14.1. The standard InChI is InChI=1S/C30H22BrClN2O5S/c1-38-26-13-18(7-11-25(26)39-17-28(35)33-22-9-10-23(31)24(32)15-22)14-27-29(36)34(30(37)40-27)16-19-6-8-20-4-2-3-5-21(20)12-19/h2-15H,16-17H2,1H3,(H,33,35)/b27-14+. The second-order valence-corrected chi connectivity index (χ2v) is 11.1. The summed E-state index contributed by atoms with van der Waals surface area (Å²) in [7, 11) is 1.48. The van der Waals surface area contributed by atoms with Gasteiger partial charge in [-0.25, -0.2) is 0 Å². The van der Waals surface area contributed by atoms with Crippen LogP contribution in [0, 0.1) is 0 Å². The summed E-state index contributed by atoms with van der Waals surface area (Å²) >= 11 is 10.3. The quantitative estimate of drug-likeness (QED) is 0.201. The molecule has 5 rings (SSSR count). The molecule has 0 saturated carbocycles. The van der Waals surface area contributed by atoms with Crippen molar-refractivity contribution >= 4 is 78.9 Å². The van der Waals surface area contributed by atoms with Crippen molar-refractivity contribution in [1.82, 2.24) is 4.90 Å². The number of thioether (sulfide) groups is 1. The van der Waals surface area contributed by atoms with E-state index in [4.69, 9.17) is 21.1 Å². The van der Waals surface area contributed by atoms with Crippen molar-refractivity contribution < 1.29 is 23.9 Å². The lowest BCUT2D eigenvalue weighted by atomic mass is 10.1. The predicted octanol–water partition coefficient (Wildman–Crippen LogP) is 7.52. The molecule has 1 saturated heterocycles. The fourth-order valence-corrected chi connectivity index (χ4v) is 5.38. The molecule has 202 valence electrons. The molecule has 0 radical (unpaired) electrons. The molecule has 4 aromatic carbocycles. The van der Waals surface area contributed by atoms with Gasteiger partial charge in [0, 0.05) is 10.2 Å². The summed E-state index contributed by atoms with van der Waals surface area (Å²) < 4.78 is 11.8. The monoisotopic (exact) mass is 636 g/mol. The van der Waals surface area contributed by atoms with E-state index in [0.29, 0.717) is 32.7 Å². The van der Waals surface area contributed by atoms with Crippen LogP contribution in [0.25, 0.3) is 16.8 Å². The Labute approximate surface area is 248 Å². The van der Waals surface area contributed by atoms with E-state index < -0.39 is 0 Å². The molecule has 1 N–H and O–H groups in total. The molecule has 1 fully saturated rings. The highest BCUT2D eigenvalue weighted by molar-refractivity contribution is 9.10. The fraction of sp³-hybridized carbons (Fsp3) is 0.100. The van der Waals surface area contributed by atoms with Crippen LogP contribution in [0.5, 0.6) is 11.5 Å². The van der Waals surface area contributed by atoms with Crippen LogP contribution in [0.2, 0.25) is 5.02 Å². The number of carbonyl (C=O) groups excluding carboxylic acids is 3. The molecule has 0 aromatic heterocycles. The third-order valence-electron chi connectivity index (χ3n) is 6.08. The Morgan fingerprint density at radius 3 is 2.58 bits per heavy atom. The number of rotatable bonds is 8. The average molecular weight is 638 g/mol. The lowest BCUT2D eigenvalue weighted by molar-refractivity contribution is -0.123. The van der Waals surface area contributed by atoms with Crippen LogP contribution in [-0.4, -0.2) is 35.7 Å². The molecule has 0 aliphatic carbocycles. The van der Waals surface area contributed by atoms with Crippen molar-refractivity contribution in [3.05, 3.63) is 104 Å². The lowest BCUT2D eigenvalue weighted by Crippen LogP contribution is -2.27. The summed E-state index contributed by atoms with van der Waals surface area (Å²) in [5.74, 6) is 0.00782. The third-order valence-corrected chi connectivity index (χ3v) is 8.22. The molecule has 40 heavy (non-hydrogen) atoms. The number of imide groups is 1. The molecule has 0 bridgehead atoms. The van der Waals surface area contributed by atoms with E-state index in [1.807, 2.05) is 42.5 Å². The van der Waals surface area contributed by atoms with Gasteiger partial charge in [-0.15, -0.1) is 0 Å². The molecule has 1 heterocycles. The Hall–Kier alpha value is -3.79. The second-order valence-electron chi connectivity index (χ2n) is 8.83. The van der Waals surface area contributed by atoms with E-state index in [-0.39, 0.29) is 30.2 Å². The van der Waals surface area contributed by atoms with Gasteiger partial charge in [-0.3, -0.25) is 19.3 Å². The largest absolute Gasteiger partial charge is 0.493 e. The van der Waals surface area contributed by atoms with E-state index >= 15 is 0 Å². The summed E-state index contributed by atoms with van der Waals surface area (Å²) in [4.78, 5) is 39.7. The molecular weight excluding hydrogens is 616 g/mol. The average Bonchev–Trinajstić information content (AvgIpc) is 3.21.